The number of hydrogen-bond acceptors (Lipinski definition) is 5. The van der Waals surface area contributed by atoms with Gasteiger partial charge in [0.05, 0.1) is 32.0 Å². The van der Waals surface area contributed by atoms with E-state index in [9.17, 15) is 5.11 Å². The fourth-order valence-electron chi connectivity index (χ4n) is 1.62. The quantitative estimate of drug-likeness (QED) is 0.619. The molecule has 0 spiro atoms. The molecule has 0 aliphatic heterocycles. The molecule has 0 amide bonds. The van der Waals surface area contributed by atoms with Gasteiger partial charge >= 0.3 is 0 Å². The van der Waals surface area contributed by atoms with Crippen molar-refractivity contribution in [1.29, 1.82) is 0 Å². The van der Waals surface area contributed by atoms with Gasteiger partial charge < -0.3 is 24.4 Å². The average Bonchev–Trinajstić information content (AvgIpc) is 2.44. The third-order valence-electron chi connectivity index (χ3n) is 2.58. The third kappa shape index (κ3) is 7.25. The van der Waals surface area contributed by atoms with Gasteiger partial charge in [-0.2, -0.15) is 0 Å². The predicted octanol–water partition coefficient (Wildman–Crippen LogP) is 0.936. The molecule has 0 fully saturated rings. The number of rotatable bonds is 10. The summed E-state index contributed by atoms with van der Waals surface area (Å²) < 4.78 is 15.3. The maximum absolute atomic E-state index is 9.77. The molecule has 1 aromatic rings. The van der Waals surface area contributed by atoms with Gasteiger partial charge in [0.15, 0.2) is 0 Å². The van der Waals surface area contributed by atoms with E-state index in [1.165, 1.54) is 7.11 Å². The summed E-state index contributed by atoms with van der Waals surface area (Å²) in [6.45, 7) is 0.615. The summed E-state index contributed by atoms with van der Waals surface area (Å²) >= 11 is 0. The first kappa shape index (κ1) is 16.1. The van der Waals surface area contributed by atoms with Crippen LogP contribution in [-0.4, -0.2) is 49.5 Å². The molecule has 5 heteroatoms. The molecule has 108 valence electrons. The number of aliphatic hydroxyl groups excluding tert-OH is 2. The van der Waals surface area contributed by atoms with Crippen molar-refractivity contribution in [2.24, 2.45) is 0 Å². The Morgan fingerprint density at radius 1 is 1.21 bits per heavy atom. The maximum Gasteiger partial charge on any atom is 0.146 e. The van der Waals surface area contributed by atoms with Crippen molar-refractivity contribution in [2.75, 3.05) is 27.1 Å². The van der Waals surface area contributed by atoms with E-state index in [1.807, 2.05) is 30.3 Å². The van der Waals surface area contributed by atoms with Crippen molar-refractivity contribution in [3.05, 3.63) is 35.9 Å². The van der Waals surface area contributed by atoms with Crippen LogP contribution in [0.1, 0.15) is 12.0 Å². The van der Waals surface area contributed by atoms with E-state index in [0.29, 0.717) is 13.0 Å². The Hall–Kier alpha value is -0.980. The second kappa shape index (κ2) is 9.89. The Morgan fingerprint density at radius 3 is 2.58 bits per heavy atom. The van der Waals surface area contributed by atoms with Crippen molar-refractivity contribution in [2.45, 2.75) is 25.2 Å². The Balaban J connectivity index is 2.17. The van der Waals surface area contributed by atoms with Gasteiger partial charge in [0.2, 0.25) is 0 Å². The van der Waals surface area contributed by atoms with E-state index < -0.39 is 12.2 Å². The van der Waals surface area contributed by atoms with Gasteiger partial charge in [-0.1, -0.05) is 30.3 Å². The molecule has 0 aromatic heterocycles. The van der Waals surface area contributed by atoms with Crippen LogP contribution >= 0.6 is 0 Å². The number of benzene rings is 1. The van der Waals surface area contributed by atoms with Gasteiger partial charge in [-0.25, -0.2) is 0 Å². The number of methoxy groups -OCH3 is 1. The van der Waals surface area contributed by atoms with Gasteiger partial charge in [0.1, 0.15) is 6.79 Å². The Morgan fingerprint density at radius 2 is 1.95 bits per heavy atom. The van der Waals surface area contributed by atoms with E-state index in [-0.39, 0.29) is 20.0 Å². The summed E-state index contributed by atoms with van der Waals surface area (Å²) in [4.78, 5) is 0. The van der Waals surface area contributed by atoms with Crippen molar-refractivity contribution in [1.82, 2.24) is 0 Å². The lowest BCUT2D eigenvalue weighted by Crippen LogP contribution is -2.27. The van der Waals surface area contributed by atoms with Crippen molar-refractivity contribution in [3.8, 4) is 0 Å². The zero-order valence-corrected chi connectivity index (χ0v) is 11.2. The molecule has 0 aliphatic carbocycles. The van der Waals surface area contributed by atoms with Gasteiger partial charge in [0, 0.05) is 13.5 Å². The van der Waals surface area contributed by atoms with Crippen LogP contribution in [-0.2, 0) is 20.8 Å². The summed E-state index contributed by atoms with van der Waals surface area (Å²) in [6.07, 6.45) is -0.790. The monoisotopic (exact) mass is 270 g/mol. The summed E-state index contributed by atoms with van der Waals surface area (Å²) in [7, 11) is 1.51. The Kier molecular flexibility index (Phi) is 8.36. The van der Waals surface area contributed by atoms with Gasteiger partial charge in [-0.15, -0.1) is 0 Å². The highest BCUT2D eigenvalue weighted by Gasteiger charge is 2.14. The third-order valence-corrected chi connectivity index (χ3v) is 2.58. The lowest BCUT2D eigenvalue weighted by atomic mass is 10.2. The highest BCUT2D eigenvalue weighted by Crippen LogP contribution is 2.06. The van der Waals surface area contributed by atoms with Crippen molar-refractivity contribution in [3.63, 3.8) is 0 Å². The molecule has 0 unspecified atom stereocenters. The lowest BCUT2D eigenvalue weighted by Gasteiger charge is -2.18. The summed E-state index contributed by atoms with van der Waals surface area (Å²) in [5, 5.41) is 18.8. The van der Waals surface area contributed by atoms with E-state index in [1.54, 1.807) is 0 Å². The number of ether oxygens (including phenoxy) is 3. The van der Waals surface area contributed by atoms with E-state index in [2.05, 4.69) is 0 Å². The van der Waals surface area contributed by atoms with Crippen LogP contribution in [0, 0.1) is 0 Å². The number of hydrogen-bond donors (Lipinski definition) is 2. The smallest absolute Gasteiger partial charge is 0.146 e. The summed E-state index contributed by atoms with van der Waals surface area (Å²) in [5.41, 5.74) is 1.06. The molecule has 2 atom stereocenters. The van der Waals surface area contributed by atoms with E-state index in [0.717, 1.165) is 5.56 Å². The molecule has 0 aliphatic rings. The summed E-state index contributed by atoms with van der Waals surface area (Å²) in [6, 6.07) is 9.75. The summed E-state index contributed by atoms with van der Waals surface area (Å²) in [5.74, 6) is 0. The van der Waals surface area contributed by atoms with Gasteiger partial charge in [-0.3, -0.25) is 0 Å². The van der Waals surface area contributed by atoms with E-state index in [4.69, 9.17) is 19.3 Å². The van der Waals surface area contributed by atoms with Crippen LogP contribution in [0.5, 0.6) is 0 Å². The van der Waals surface area contributed by atoms with Gasteiger partial charge in [-0.05, 0) is 5.56 Å². The highest BCUT2D eigenvalue weighted by atomic mass is 16.7. The Labute approximate surface area is 113 Å². The topological polar surface area (TPSA) is 68.2 Å². The molecule has 0 heterocycles. The normalized spacial score (nSPS) is 14.3. The molecular weight excluding hydrogens is 248 g/mol. The minimum Gasteiger partial charge on any atom is -0.394 e. The minimum atomic E-state index is -0.669. The van der Waals surface area contributed by atoms with Crippen molar-refractivity contribution >= 4 is 0 Å². The van der Waals surface area contributed by atoms with Crippen LogP contribution in [0.15, 0.2) is 30.3 Å². The Bertz CT molecular complexity index is 317. The fourth-order valence-corrected chi connectivity index (χ4v) is 1.62. The second-order valence-electron chi connectivity index (χ2n) is 4.27. The minimum absolute atomic E-state index is 0.100. The van der Waals surface area contributed by atoms with Crippen LogP contribution in [0.4, 0.5) is 0 Å². The van der Waals surface area contributed by atoms with E-state index >= 15 is 0 Å². The molecule has 5 nitrogen and oxygen atoms in total. The molecule has 0 saturated carbocycles. The molecule has 19 heavy (non-hydrogen) atoms. The maximum atomic E-state index is 9.77. The molecule has 0 radical (unpaired) electrons. The van der Waals surface area contributed by atoms with Crippen LogP contribution in [0.25, 0.3) is 0 Å². The molecule has 0 bridgehead atoms. The van der Waals surface area contributed by atoms with Crippen molar-refractivity contribution < 1.29 is 24.4 Å². The zero-order chi connectivity index (χ0) is 13.9. The van der Waals surface area contributed by atoms with Crippen LogP contribution in [0.3, 0.4) is 0 Å². The lowest BCUT2D eigenvalue weighted by molar-refractivity contribution is -0.105. The first-order valence-corrected chi connectivity index (χ1v) is 6.27. The van der Waals surface area contributed by atoms with Crippen LogP contribution < -0.4 is 0 Å². The predicted molar refractivity (Wildman–Crippen MR) is 70.6 cm³/mol. The number of aliphatic hydroxyl groups is 2. The van der Waals surface area contributed by atoms with Crippen LogP contribution in [0.2, 0.25) is 0 Å². The fraction of sp³-hybridized carbons (Fsp3) is 0.571. The largest absolute Gasteiger partial charge is 0.394 e. The zero-order valence-electron chi connectivity index (χ0n) is 11.2. The highest BCUT2D eigenvalue weighted by molar-refractivity contribution is 5.13. The molecular formula is C14H22O5. The molecule has 2 N–H and O–H groups in total. The first-order valence-electron chi connectivity index (χ1n) is 6.27. The molecule has 0 saturated heterocycles. The second-order valence-corrected chi connectivity index (χ2v) is 4.27. The first-order chi connectivity index (χ1) is 9.26. The molecule has 1 rings (SSSR count). The standard InChI is InChI=1S/C14H22O5/c1-17-11-19-14(8-15)7-13(16)10-18-9-12-5-3-2-4-6-12/h2-6,13-16H,7-11H2,1H3/t13-,14-/m0/s1. The average molecular weight is 270 g/mol. The SMILES string of the molecule is COCO[C@H](CO)C[C@H](O)COCc1ccccc1. The van der Waals surface area contributed by atoms with Gasteiger partial charge in [0.25, 0.3) is 0 Å². The molecule has 1 aromatic carbocycles.